The molecular formula is C27H32FN5O4. The summed E-state index contributed by atoms with van der Waals surface area (Å²) in [5, 5.41) is 0.486. The van der Waals surface area contributed by atoms with E-state index in [1.807, 2.05) is 24.0 Å². The molecule has 5 rings (SSSR count). The first-order valence-corrected chi connectivity index (χ1v) is 12.4. The summed E-state index contributed by atoms with van der Waals surface area (Å²) in [5.41, 5.74) is 9.11. The van der Waals surface area contributed by atoms with Crippen LogP contribution in [0.3, 0.4) is 0 Å². The number of halogens is 1. The van der Waals surface area contributed by atoms with Crippen LogP contribution >= 0.6 is 0 Å². The van der Waals surface area contributed by atoms with E-state index in [1.165, 1.54) is 0 Å². The fourth-order valence-electron chi connectivity index (χ4n) is 4.72. The highest BCUT2D eigenvalue weighted by molar-refractivity contribution is 5.84. The first-order valence-electron chi connectivity index (χ1n) is 12.4. The Morgan fingerprint density at radius 3 is 2.65 bits per heavy atom. The lowest BCUT2D eigenvalue weighted by Crippen LogP contribution is -2.48. The van der Waals surface area contributed by atoms with Crippen molar-refractivity contribution >= 4 is 28.3 Å². The van der Waals surface area contributed by atoms with Crippen molar-refractivity contribution in [2.45, 2.75) is 20.3 Å². The van der Waals surface area contributed by atoms with Crippen LogP contribution in [0.15, 0.2) is 36.5 Å². The van der Waals surface area contributed by atoms with Gasteiger partial charge in [0.05, 0.1) is 25.6 Å². The molecule has 3 aromatic rings. The van der Waals surface area contributed by atoms with Gasteiger partial charge in [0, 0.05) is 67.9 Å². The number of benzene rings is 2. The third kappa shape index (κ3) is 5.29. The standard InChI is InChI=1S/C27H32FN5O4/c1-17-13-20-21(30-17)5-6-23(27(20)28)37-26-16-29-31-22-15-25(24(35-3)14-19(22)26)36-12-4-7-32-8-10-33(11-9-32)18(2)34/h5-6,13-16,29-31H,4,7-12H2,1-3H3. The van der Waals surface area contributed by atoms with E-state index in [9.17, 15) is 4.79 Å². The molecule has 9 nitrogen and oxygen atoms in total. The normalized spacial score (nSPS) is 15.5. The number of anilines is 1. The molecule has 1 aromatic heterocycles. The Kier molecular flexibility index (Phi) is 7.09. The molecular weight excluding hydrogens is 477 g/mol. The van der Waals surface area contributed by atoms with Gasteiger partial charge in [0.15, 0.2) is 28.8 Å². The summed E-state index contributed by atoms with van der Waals surface area (Å²) < 4.78 is 32.8. The molecule has 3 N–H and O–H groups in total. The number of nitrogens with zero attached hydrogens (tertiary/aromatic N) is 2. The molecule has 0 spiro atoms. The van der Waals surface area contributed by atoms with E-state index < -0.39 is 5.82 Å². The molecule has 3 heterocycles. The minimum Gasteiger partial charge on any atom is -0.493 e. The van der Waals surface area contributed by atoms with Crippen molar-refractivity contribution in [1.29, 1.82) is 0 Å². The molecule has 0 bridgehead atoms. The van der Waals surface area contributed by atoms with Crippen molar-refractivity contribution in [3.05, 3.63) is 53.6 Å². The number of ether oxygens (including phenoxy) is 3. The van der Waals surface area contributed by atoms with Crippen molar-refractivity contribution in [1.82, 2.24) is 20.2 Å². The van der Waals surface area contributed by atoms with E-state index >= 15 is 4.39 Å². The number of hydrogen-bond donors (Lipinski definition) is 3. The number of fused-ring (bicyclic) bond motifs is 2. The second-order valence-corrected chi connectivity index (χ2v) is 9.27. The molecule has 1 amide bonds. The summed E-state index contributed by atoms with van der Waals surface area (Å²) in [6.45, 7) is 8.23. The third-order valence-electron chi connectivity index (χ3n) is 6.73. The lowest BCUT2D eigenvalue weighted by Gasteiger charge is -2.34. The van der Waals surface area contributed by atoms with E-state index in [-0.39, 0.29) is 11.7 Å². The number of aromatic nitrogens is 1. The predicted octanol–water partition coefficient (Wildman–Crippen LogP) is 3.86. The van der Waals surface area contributed by atoms with Gasteiger partial charge >= 0.3 is 0 Å². The average Bonchev–Trinajstić information content (AvgIpc) is 3.29. The fraction of sp³-hybridized carbons (Fsp3) is 0.370. The Bertz CT molecular complexity index is 1330. The number of H-pyrrole nitrogens is 1. The van der Waals surface area contributed by atoms with Gasteiger partial charge in [-0.2, -0.15) is 0 Å². The maximum Gasteiger partial charge on any atom is 0.219 e. The molecule has 2 aliphatic heterocycles. The van der Waals surface area contributed by atoms with Crippen LogP contribution in [0.2, 0.25) is 0 Å². The molecule has 0 unspecified atom stereocenters. The molecule has 1 saturated heterocycles. The van der Waals surface area contributed by atoms with Crippen molar-refractivity contribution in [2.75, 3.05) is 51.9 Å². The number of carbonyl (C=O) groups excluding carboxylic acids is 1. The second-order valence-electron chi connectivity index (χ2n) is 9.27. The topological polar surface area (TPSA) is 91.1 Å². The Morgan fingerprint density at radius 2 is 1.89 bits per heavy atom. The molecule has 2 aliphatic rings. The third-order valence-corrected chi connectivity index (χ3v) is 6.73. The molecule has 0 radical (unpaired) electrons. The first-order chi connectivity index (χ1) is 17.9. The Hall–Kier alpha value is -3.92. The van der Waals surface area contributed by atoms with Crippen molar-refractivity contribution in [3.8, 4) is 17.2 Å². The minimum atomic E-state index is -0.419. The van der Waals surface area contributed by atoms with Crippen LogP contribution in [0.5, 0.6) is 17.2 Å². The van der Waals surface area contributed by atoms with Crippen LogP contribution < -0.4 is 25.1 Å². The summed E-state index contributed by atoms with van der Waals surface area (Å²) in [5.74, 6) is 1.47. The van der Waals surface area contributed by atoms with Crippen molar-refractivity contribution in [3.63, 3.8) is 0 Å². The van der Waals surface area contributed by atoms with E-state index in [4.69, 9.17) is 14.2 Å². The molecule has 10 heteroatoms. The fourth-order valence-corrected chi connectivity index (χ4v) is 4.72. The number of aromatic amines is 1. The van der Waals surface area contributed by atoms with Crippen LogP contribution in [0.25, 0.3) is 16.7 Å². The zero-order chi connectivity index (χ0) is 25.9. The van der Waals surface area contributed by atoms with Gasteiger partial charge in [-0.1, -0.05) is 0 Å². The highest BCUT2D eigenvalue weighted by Crippen LogP contribution is 2.39. The number of hydrazine groups is 1. The highest BCUT2D eigenvalue weighted by atomic mass is 19.1. The summed E-state index contributed by atoms with van der Waals surface area (Å²) in [6.07, 6.45) is 2.49. The number of carbonyl (C=O) groups is 1. The Morgan fingerprint density at radius 1 is 1.08 bits per heavy atom. The van der Waals surface area contributed by atoms with E-state index in [1.54, 1.807) is 38.4 Å². The molecule has 0 atom stereocenters. The van der Waals surface area contributed by atoms with Gasteiger partial charge in [0.2, 0.25) is 5.91 Å². The quantitative estimate of drug-likeness (QED) is 0.397. The maximum absolute atomic E-state index is 15.1. The van der Waals surface area contributed by atoms with Crippen LogP contribution in [0.1, 0.15) is 24.6 Å². The van der Waals surface area contributed by atoms with Crippen LogP contribution in [-0.2, 0) is 4.79 Å². The number of rotatable bonds is 8. The lowest BCUT2D eigenvalue weighted by molar-refractivity contribution is -0.130. The van der Waals surface area contributed by atoms with Crippen LogP contribution in [-0.4, -0.2) is 67.1 Å². The summed E-state index contributed by atoms with van der Waals surface area (Å²) >= 11 is 0. The van der Waals surface area contributed by atoms with Crippen molar-refractivity contribution in [2.24, 2.45) is 0 Å². The number of amides is 1. The number of hydrogen-bond acceptors (Lipinski definition) is 7. The number of nitrogens with one attached hydrogen (secondary N) is 3. The molecule has 0 saturated carbocycles. The largest absolute Gasteiger partial charge is 0.493 e. The number of methoxy groups -OCH3 is 1. The molecule has 37 heavy (non-hydrogen) atoms. The highest BCUT2D eigenvalue weighted by Gasteiger charge is 2.22. The number of aryl methyl sites for hydroxylation is 1. The van der Waals surface area contributed by atoms with Gasteiger partial charge in [-0.05, 0) is 37.6 Å². The van der Waals surface area contributed by atoms with E-state index in [0.29, 0.717) is 29.3 Å². The second kappa shape index (κ2) is 10.6. The monoisotopic (exact) mass is 509 g/mol. The first kappa shape index (κ1) is 24.8. The zero-order valence-corrected chi connectivity index (χ0v) is 21.3. The van der Waals surface area contributed by atoms with Gasteiger partial charge in [-0.25, -0.2) is 4.39 Å². The lowest BCUT2D eigenvalue weighted by atomic mass is 10.1. The average molecular weight is 510 g/mol. The minimum absolute atomic E-state index is 0.135. The Balaban J connectivity index is 1.24. The van der Waals surface area contributed by atoms with Gasteiger partial charge < -0.3 is 34.9 Å². The van der Waals surface area contributed by atoms with Gasteiger partial charge in [0.25, 0.3) is 0 Å². The Labute approximate surface area is 215 Å². The SMILES string of the molecule is COc1cc2c(cc1OCCCN1CCN(C(C)=O)CC1)NNC=C2Oc1ccc2[nH]c(C)cc2c1F. The predicted molar refractivity (Wildman–Crippen MR) is 140 cm³/mol. The summed E-state index contributed by atoms with van der Waals surface area (Å²) in [6, 6.07) is 8.85. The van der Waals surface area contributed by atoms with Crippen molar-refractivity contribution < 1.29 is 23.4 Å². The summed E-state index contributed by atoms with van der Waals surface area (Å²) in [7, 11) is 1.59. The van der Waals surface area contributed by atoms with Crippen LogP contribution in [0, 0.1) is 12.7 Å². The molecule has 2 aromatic carbocycles. The van der Waals surface area contributed by atoms with E-state index in [2.05, 4.69) is 20.7 Å². The number of piperazine rings is 1. The van der Waals surface area contributed by atoms with Gasteiger partial charge in [0.1, 0.15) is 0 Å². The molecule has 196 valence electrons. The van der Waals surface area contributed by atoms with Gasteiger partial charge in [-0.15, -0.1) is 0 Å². The zero-order valence-electron chi connectivity index (χ0n) is 21.3. The van der Waals surface area contributed by atoms with E-state index in [0.717, 1.165) is 61.6 Å². The smallest absolute Gasteiger partial charge is 0.219 e. The molecule has 1 fully saturated rings. The molecule has 0 aliphatic carbocycles. The van der Waals surface area contributed by atoms with Gasteiger partial charge in [-0.3, -0.25) is 9.69 Å². The van der Waals surface area contributed by atoms with Crippen LogP contribution in [0.4, 0.5) is 10.1 Å². The summed E-state index contributed by atoms with van der Waals surface area (Å²) in [4.78, 5) is 18.9. The maximum atomic E-state index is 15.1.